The summed E-state index contributed by atoms with van der Waals surface area (Å²) in [5, 5.41) is 2.97. The molecule has 1 amide bonds. The Hall–Kier alpha value is -1.77. The lowest BCUT2D eigenvalue weighted by Crippen LogP contribution is -2.46. The van der Waals surface area contributed by atoms with Crippen molar-refractivity contribution < 1.29 is 17.6 Å². The van der Waals surface area contributed by atoms with Gasteiger partial charge in [-0.1, -0.05) is 34.1 Å². The van der Waals surface area contributed by atoms with E-state index in [-0.39, 0.29) is 29.9 Å². The van der Waals surface area contributed by atoms with Gasteiger partial charge in [0.15, 0.2) is 0 Å². The number of aryl methyl sites for hydroxylation is 1. The van der Waals surface area contributed by atoms with E-state index < -0.39 is 15.8 Å². The highest BCUT2D eigenvalue weighted by molar-refractivity contribution is 9.10. The minimum absolute atomic E-state index is 0.115. The standard InChI is InChI=1S/C19H20BrFN2O3S/c1-13-4-2-3-5-16(13)19(24)22-15-8-10-23(11-9-15)27(25,26)18-12-14(20)6-7-17(18)21/h2-7,12,15H,8-11H2,1H3,(H,22,24). The molecule has 0 bridgehead atoms. The van der Waals surface area contributed by atoms with E-state index in [1.165, 1.54) is 16.4 Å². The molecule has 1 N–H and O–H groups in total. The van der Waals surface area contributed by atoms with Gasteiger partial charge in [-0.25, -0.2) is 12.8 Å². The summed E-state index contributed by atoms with van der Waals surface area (Å²) < 4.78 is 41.3. The van der Waals surface area contributed by atoms with Crippen LogP contribution < -0.4 is 5.32 Å². The molecule has 2 aromatic rings. The number of carbonyl (C=O) groups excluding carboxylic acids is 1. The zero-order valence-corrected chi connectivity index (χ0v) is 17.2. The van der Waals surface area contributed by atoms with Gasteiger partial charge in [-0.3, -0.25) is 4.79 Å². The van der Waals surface area contributed by atoms with E-state index in [1.54, 1.807) is 6.07 Å². The number of amides is 1. The van der Waals surface area contributed by atoms with Crippen molar-refractivity contribution in [1.82, 2.24) is 9.62 Å². The topological polar surface area (TPSA) is 66.5 Å². The highest BCUT2D eigenvalue weighted by atomic mass is 79.9. The number of hydrogen-bond donors (Lipinski definition) is 1. The average molecular weight is 455 g/mol. The molecule has 0 saturated carbocycles. The number of benzene rings is 2. The fraction of sp³-hybridized carbons (Fsp3) is 0.316. The van der Waals surface area contributed by atoms with Crippen molar-refractivity contribution in [3.05, 3.63) is 63.9 Å². The van der Waals surface area contributed by atoms with Gasteiger partial charge < -0.3 is 5.32 Å². The molecule has 5 nitrogen and oxygen atoms in total. The van der Waals surface area contributed by atoms with E-state index in [4.69, 9.17) is 0 Å². The molecule has 0 aromatic heterocycles. The molecule has 0 spiro atoms. The first-order chi connectivity index (χ1) is 12.8. The lowest BCUT2D eigenvalue weighted by atomic mass is 10.0. The van der Waals surface area contributed by atoms with Crippen molar-refractivity contribution in [1.29, 1.82) is 0 Å². The number of nitrogens with zero attached hydrogens (tertiary/aromatic N) is 1. The summed E-state index contributed by atoms with van der Waals surface area (Å²) in [5.74, 6) is -0.930. The van der Waals surface area contributed by atoms with Gasteiger partial charge in [-0.05, 0) is 49.6 Å². The molecule has 1 aliphatic rings. The first kappa shape index (κ1) is 20.0. The highest BCUT2D eigenvalue weighted by Crippen LogP contribution is 2.26. The van der Waals surface area contributed by atoms with Gasteiger partial charge in [-0.2, -0.15) is 4.31 Å². The molecule has 1 fully saturated rings. The Labute approximate surface area is 166 Å². The van der Waals surface area contributed by atoms with E-state index in [0.717, 1.165) is 11.6 Å². The van der Waals surface area contributed by atoms with Crippen molar-refractivity contribution in [3.8, 4) is 0 Å². The SMILES string of the molecule is Cc1ccccc1C(=O)NC1CCN(S(=O)(=O)c2cc(Br)ccc2F)CC1. The van der Waals surface area contributed by atoms with Gasteiger partial charge in [0.1, 0.15) is 10.7 Å². The lowest BCUT2D eigenvalue weighted by molar-refractivity contribution is 0.0923. The number of hydrogen-bond acceptors (Lipinski definition) is 3. The Balaban J connectivity index is 1.66. The van der Waals surface area contributed by atoms with E-state index >= 15 is 0 Å². The quantitative estimate of drug-likeness (QED) is 0.768. The second-order valence-corrected chi connectivity index (χ2v) is 9.36. The van der Waals surface area contributed by atoms with Crippen LogP contribution in [0.3, 0.4) is 0 Å². The van der Waals surface area contributed by atoms with Crippen LogP contribution in [-0.2, 0) is 10.0 Å². The Kier molecular flexibility index (Phi) is 5.98. The smallest absolute Gasteiger partial charge is 0.251 e. The van der Waals surface area contributed by atoms with Crippen molar-refractivity contribution >= 4 is 31.9 Å². The van der Waals surface area contributed by atoms with Gasteiger partial charge in [0.25, 0.3) is 5.91 Å². The molecule has 144 valence electrons. The molecule has 0 unspecified atom stereocenters. The maximum absolute atomic E-state index is 14.0. The van der Waals surface area contributed by atoms with Gasteiger partial charge in [0, 0.05) is 29.2 Å². The predicted molar refractivity (Wildman–Crippen MR) is 105 cm³/mol. The summed E-state index contributed by atoms with van der Waals surface area (Å²) in [7, 11) is -3.91. The third kappa shape index (κ3) is 4.39. The van der Waals surface area contributed by atoms with E-state index in [1.807, 2.05) is 25.1 Å². The summed E-state index contributed by atoms with van der Waals surface area (Å²) in [6.07, 6.45) is 0.957. The molecular weight excluding hydrogens is 435 g/mol. The molecule has 2 aromatic carbocycles. The van der Waals surface area contributed by atoms with Gasteiger partial charge in [0.05, 0.1) is 0 Å². The second-order valence-electron chi connectivity index (χ2n) is 6.54. The van der Waals surface area contributed by atoms with Crippen LogP contribution in [0, 0.1) is 12.7 Å². The van der Waals surface area contributed by atoms with Crippen LogP contribution in [0.25, 0.3) is 0 Å². The van der Waals surface area contributed by atoms with Crippen LogP contribution in [-0.4, -0.2) is 37.8 Å². The van der Waals surface area contributed by atoms with Gasteiger partial charge in [-0.15, -0.1) is 0 Å². The molecule has 1 aliphatic heterocycles. The first-order valence-corrected chi connectivity index (χ1v) is 10.8. The fourth-order valence-electron chi connectivity index (χ4n) is 3.15. The van der Waals surface area contributed by atoms with Crippen LogP contribution in [0.2, 0.25) is 0 Å². The normalized spacial score (nSPS) is 16.3. The van der Waals surface area contributed by atoms with Crippen LogP contribution in [0.4, 0.5) is 4.39 Å². The molecule has 1 saturated heterocycles. The molecule has 27 heavy (non-hydrogen) atoms. The molecule has 0 aliphatic carbocycles. The Morgan fingerprint density at radius 3 is 2.52 bits per heavy atom. The van der Waals surface area contributed by atoms with Crippen molar-refractivity contribution in [3.63, 3.8) is 0 Å². The van der Waals surface area contributed by atoms with Crippen LogP contribution in [0.5, 0.6) is 0 Å². The minimum atomic E-state index is -3.91. The van der Waals surface area contributed by atoms with Crippen LogP contribution in [0.1, 0.15) is 28.8 Å². The summed E-state index contributed by atoms with van der Waals surface area (Å²) in [4.78, 5) is 12.1. The maximum atomic E-state index is 14.0. The fourth-order valence-corrected chi connectivity index (χ4v) is 5.22. The molecule has 0 atom stereocenters. The minimum Gasteiger partial charge on any atom is -0.349 e. The maximum Gasteiger partial charge on any atom is 0.251 e. The summed E-state index contributed by atoms with van der Waals surface area (Å²) in [6.45, 7) is 2.33. The van der Waals surface area contributed by atoms with Crippen LogP contribution >= 0.6 is 15.9 Å². The summed E-state index contributed by atoms with van der Waals surface area (Å²) >= 11 is 3.18. The largest absolute Gasteiger partial charge is 0.349 e. The average Bonchev–Trinajstić information content (AvgIpc) is 2.64. The number of rotatable bonds is 4. The van der Waals surface area contributed by atoms with E-state index in [9.17, 15) is 17.6 Å². The molecular formula is C19H20BrFN2O3S. The number of sulfonamides is 1. The first-order valence-electron chi connectivity index (χ1n) is 8.61. The summed E-state index contributed by atoms with van der Waals surface area (Å²) in [5.41, 5.74) is 1.50. The Morgan fingerprint density at radius 2 is 1.85 bits per heavy atom. The van der Waals surface area contributed by atoms with E-state index in [0.29, 0.717) is 22.9 Å². The zero-order chi connectivity index (χ0) is 19.6. The zero-order valence-electron chi connectivity index (χ0n) is 14.8. The number of carbonyl (C=O) groups is 1. The third-order valence-corrected chi connectivity index (χ3v) is 7.10. The molecule has 8 heteroatoms. The van der Waals surface area contributed by atoms with Crippen molar-refractivity contribution in [2.24, 2.45) is 0 Å². The third-order valence-electron chi connectivity index (χ3n) is 4.69. The van der Waals surface area contributed by atoms with Crippen molar-refractivity contribution in [2.75, 3.05) is 13.1 Å². The molecule has 1 heterocycles. The highest BCUT2D eigenvalue weighted by Gasteiger charge is 2.32. The number of nitrogens with one attached hydrogen (secondary N) is 1. The monoisotopic (exact) mass is 454 g/mol. The number of piperidine rings is 1. The van der Waals surface area contributed by atoms with Gasteiger partial charge in [0.2, 0.25) is 10.0 Å². The Bertz CT molecular complexity index is 957. The van der Waals surface area contributed by atoms with Crippen LogP contribution in [0.15, 0.2) is 51.8 Å². The van der Waals surface area contributed by atoms with Gasteiger partial charge >= 0.3 is 0 Å². The molecule has 0 radical (unpaired) electrons. The Morgan fingerprint density at radius 1 is 1.19 bits per heavy atom. The molecule has 3 rings (SSSR count). The van der Waals surface area contributed by atoms with Crippen molar-refractivity contribution in [2.45, 2.75) is 30.7 Å². The second kappa shape index (κ2) is 8.08. The predicted octanol–water partition coefficient (Wildman–Crippen LogP) is 3.48. The van der Waals surface area contributed by atoms with E-state index in [2.05, 4.69) is 21.2 Å². The lowest BCUT2D eigenvalue weighted by Gasteiger charge is -2.31. The summed E-state index contributed by atoms with van der Waals surface area (Å²) in [6, 6.07) is 11.1. The number of halogens is 2.